The van der Waals surface area contributed by atoms with Gasteiger partial charge in [0, 0.05) is 18.0 Å². The van der Waals surface area contributed by atoms with Crippen LogP contribution in [0.25, 0.3) is 23.1 Å². The second kappa shape index (κ2) is 7.13. The lowest BCUT2D eigenvalue weighted by molar-refractivity contribution is -0.114. The zero-order chi connectivity index (χ0) is 18.0. The molecule has 3 aromatic rings. The van der Waals surface area contributed by atoms with Crippen LogP contribution >= 0.6 is 23.2 Å². The number of amides is 1. The number of nitrogens with one attached hydrogen (secondary N) is 1. The zero-order valence-electron chi connectivity index (χ0n) is 13.3. The molecule has 1 heterocycles. The molecule has 0 saturated carbocycles. The third-order valence-corrected chi connectivity index (χ3v) is 4.16. The van der Waals surface area contributed by atoms with Gasteiger partial charge in [-0.15, -0.1) is 0 Å². The van der Waals surface area contributed by atoms with Crippen molar-refractivity contribution in [3.8, 4) is 5.75 Å². The summed E-state index contributed by atoms with van der Waals surface area (Å²) in [5, 5.41) is 14.0. The molecule has 0 radical (unpaired) electrons. The van der Waals surface area contributed by atoms with Crippen molar-refractivity contribution in [1.29, 1.82) is 0 Å². The van der Waals surface area contributed by atoms with E-state index in [1.807, 2.05) is 42.5 Å². The molecule has 0 bridgehead atoms. The Labute approximate surface area is 154 Å². The Morgan fingerprint density at radius 3 is 2.48 bits per heavy atom. The van der Waals surface area contributed by atoms with Gasteiger partial charge in [-0.2, -0.15) is 0 Å². The fourth-order valence-corrected chi connectivity index (χ4v) is 2.89. The van der Waals surface area contributed by atoms with Crippen LogP contribution < -0.4 is 5.32 Å². The summed E-state index contributed by atoms with van der Waals surface area (Å²) in [6.07, 6.45) is 3.70. The molecule has 0 aliphatic heterocycles. The highest BCUT2D eigenvalue weighted by Crippen LogP contribution is 2.36. The number of fused-ring (bicyclic) bond motifs is 1. The number of anilines is 1. The number of aromatic hydroxyl groups is 1. The van der Waals surface area contributed by atoms with Crippen molar-refractivity contribution in [3.63, 3.8) is 0 Å². The SMILES string of the molecule is CC(=O)Nc1ccc(/C=C/c2ccc3c(Cl)cc(Cl)c(O)c3n2)cc1. The minimum Gasteiger partial charge on any atom is -0.504 e. The van der Waals surface area contributed by atoms with E-state index in [9.17, 15) is 9.90 Å². The maximum atomic E-state index is 11.0. The zero-order valence-corrected chi connectivity index (χ0v) is 14.8. The predicted molar refractivity (Wildman–Crippen MR) is 103 cm³/mol. The highest BCUT2D eigenvalue weighted by molar-refractivity contribution is 6.39. The van der Waals surface area contributed by atoms with Gasteiger partial charge >= 0.3 is 0 Å². The molecule has 3 rings (SSSR count). The molecule has 126 valence electrons. The Hall–Kier alpha value is -2.56. The summed E-state index contributed by atoms with van der Waals surface area (Å²) in [5.74, 6) is -0.197. The molecule has 0 aliphatic rings. The Kier molecular flexibility index (Phi) is 4.93. The molecule has 0 unspecified atom stereocenters. The molecule has 6 heteroatoms. The molecule has 0 spiro atoms. The van der Waals surface area contributed by atoms with E-state index in [1.165, 1.54) is 13.0 Å². The van der Waals surface area contributed by atoms with Crippen LogP contribution in [0, 0.1) is 0 Å². The third kappa shape index (κ3) is 3.92. The van der Waals surface area contributed by atoms with Gasteiger partial charge in [-0.05, 0) is 42.0 Å². The molecule has 1 amide bonds. The van der Waals surface area contributed by atoms with Crippen molar-refractivity contribution >= 4 is 57.9 Å². The summed E-state index contributed by atoms with van der Waals surface area (Å²) < 4.78 is 0. The lowest BCUT2D eigenvalue weighted by atomic mass is 10.1. The number of nitrogens with zero attached hydrogens (tertiary/aromatic N) is 1. The van der Waals surface area contributed by atoms with Crippen molar-refractivity contribution in [2.45, 2.75) is 6.92 Å². The number of carbonyl (C=O) groups is 1. The maximum absolute atomic E-state index is 11.0. The first-order valence-corrected chi connectivity index (χ1v) is 8.23. The monoisotopic (exact) mass is 372 g/mol. The van der Waals surface area contributed by atoms with E-state index in [0.29, 0.717) is 21.6 Å². The van der Waals surface area contributed by atoms with Crippen LogP contribution in [0.4, 0.5) is 5.69 Å². The largest absolute Gasteiger partial charge is 0.504 e. The topological polar surface area (TPSA) is 62.2 Å². The summed E-state index contributed by atoms with van der Waals surface area (Å²) in [7, 11) is 0. The Bertz CT molecular complexity index is 983. The van der Waals surface area contributed by atoms with Gasteiger partial charge < -0.3 is 10.4 Å². The lowest BCUT2D eigenvalue weighted by Crippen LogP contribution is -2.05. The summed E-state index contributed by atoms with van der Waals surface area (Å²) in [6, 6.07) is 12.5. The van der Waals surface area contributed by atoms with E-state index in [2.05, 4.69) is 10.3 Å². The van der Waals surface area contributed by atoms with E-state index in [0.717, 1.165) is 11.3 Å². The molecule has 2 N–H and O–H groups in total. The minimum atomic E-state index is -0.110. The predicted octanol–water partition coefficient (Wildman–Crippen LogP) is 5.38. The number of halogens is 2. The first-order valence-electron chi connectivity index (χ1n) is 7.47. The number of aromatic nitrogens is 1. The Balaban J connectivity index is 1.88. The van der Waals surface area contributed by atoms with E-state index in [4.69, 9.17) is 23.2 Å². The lowest BCUT2D eigenvalue weighted by Gasteiger charge is -2.06. The van der Waals surface area contributed by atoms with Gasteiger partial charge in [0.1, 0.15) is 5.52 Å². The fraction of sp³-hybridized carbons (Fsp3) is 0.0526. The smallest absolute Gasteiger partial charge is 0.221 e. The van der Waals surface area contributed by atoms with Crippen molar-refractivity contribution in [3.05, 3.63) is 63.8 Å². The van der Waals surface area contributed by atoms with Crippen LogP contribution in [0.2, 0.25) is 10.0 Å². The first-order chi connectivity index (χ1) is 11.9. The van der Waals surface area contributed by atoms with Gasteiger partial charge in [-0.3, -0.25) is 4.79 Å². The standard InChI is InChI=1S/C19H14Cl2N2O2/c1-11(24)22-13-5-2-12(3-6-13)4-7-14-8-9-15-16(20)10-17(21)19(25)18(15)23-14/h2-10,25H,1H3,(H,22,24)/b7-4+. The average molecular weight is 373 g/mol. The van der Waals surface area contributed by atoms with Crippen LogP contribution in [0.15, 0.2) is 42.5 Å². The number of pyridine rings is 1. The van der Waals surface area contributed by atoms with Gasteiger partial charge in [-0.1, -0.05) is 41.4 Å². The number of phenols is 1. The molecular weight excluding hydrogens is 359 g/mol. The fourth-order valence-electron chi connectivity index (χ4n) is 2.37. The van der Waals surface area contributed by atoms with E-state index < -0.39 is 0 Å². The van der Waals surface area contributed by atoms with Gasteiger partial charge in [0.25, 0.3) is 0 Å². The average Bonchev–Trinajstić information content (AvgIpc) is 2.58. The number of benzene rings is 2. The highest BCUT2D eigenvalue weighted by Gasteiger charge is 2.10. The summed E-state index contributed by atoms with van der Waals surface area (Å²) in [6.45, 7) is 1.47. The van der Waals surface area contributed by atoms with Crippen molar-refractivity contribution in [2.75, 3.05) is 5.32 Å². The van der Waals surface area contributed by atoms with Gasteiger partial charge in [-0.25, -0.2) is 4.98 Å². The quantitative estimate of drug-likeness (QED) is 0.648. The van der Waals surface area contributed by atoms with Gasteiger partial charge in [0.2, 0.25) is 5.91 Å². The first kappa shape index (κ1) is 17.3. The van der Waals surface area contributed by atoms with Crippen LogP contribution in [-0.2, 0) is 4.79 Å². The molecule has 4 nitrogen and oxygen atoms in total. The molecule has 1 aromatic heterocycles. The van der Waals surface area contributed by atoms with E-state index >= 15 is 0 Å². The van der Waals surface area contributed by atoms with Crippen LogP contribution in [-0.4, -0.2) is 16.0 Å². The van der Waals surface area contributed by atoms with E-state index in [1.54, 1.807) is 6.07 Å². The molecule has 0 saturated heterocycles. The Morgan fingerprint density at radius 1 is 1.08 bits per heavy atom. The van der Waals surface area contributed by atoms with Crippen molar-refractivity contribution < 1.29 is 9.90 Å². The number of rotatable bonds is 3. The number of phenolic OH excluding ortho intramolecular Hbond substituents is 1. The number of hydrogen-bond acceptors (Lipinski definition) is 3. The highest BCUT2D eigenvalue weighted by atomic mass is 35.5. The van der Waals surface area contributed by atoms with E-state index in [-0.39, 0.29) is 16.7 Å². The second-order valence-corrected chi connectivity index (χ2v) is 6.27. The summed E-state index contributed by atoms with van der Waals surface area (Å²) in [4.78, 5) is 15.4. The van der Waals surface area contributed by atoms with Gasteiger partial charge in [0.05, 0.1) is 15.7 Å². The number of hydrogen-bond donors (Lipinski definition) is 2. The summed E-state index contributed by atoms with van der Waals surface area (Å²) in [5.41, 5.74) is 2.71. The number of carbonyl (C=O) groups excluding carboxylic acids is 1. The van der Waals surface area contributed by atoms with Gasteiger partial charge in [0.15, 0.2) is 5.75 Å². The molecule has 0 atom stereocenters. The van der Waals surface area contributed by atoms with Crippen LogP contribution in [0.3, 0.4) is 0 Å². The third-order valence-electron chi connectivity index (χ3n) is 3.56. The molecular formula is C19H14Cl2N2O2. The normalized spacial score (nSPS) is 11.2. The van der Waals surface area contributed by atoms with Crippen molar-refractivity contribution in [1.82, 2.24) is 4.98 Å². The second-order valence-electron chi connectivity index (χ2n) is 5.46. The van der Waals surface area contributed by atoms with Crippen LogP contribution in [0.1, 0.15) is 18.2 Å². The molecule has 25 heavy (non-hydrogen) atoms. The van der Waals surface area contributed by atoms with Crippen LogP contribution in [0.5, 0.6) is 5.75 Å². The molecule has 0 fully saturated rings. The molecule has 2 aromatic carbocycles. The Morgan fingerprint density at radius 2 is 1.80 bits per heavy atom. The molecule has 0 aliphatic carbocycles. The minimum absolute atomic E-state index is 0.0871. The summed E-state index contributed by atoms with van der Waals surface area (Å²) >= 11 is 12.1. The van der Waals surface area contributed by atoms with Crippen molar-refractivity contribution in [2.24, 2.45) is 0 Å². The maximum Gasteiger partial charge on any atom is 0.221 e.